The van der Waals surface area contributed by atoms with Gasteiger partial charge >= 0.3 is 0 Å². The Morgan fingerprint density at radius 2 is 0.588 bits per heavy atom. The number of hydrogen-bond acceptors (Lipinski definition) is 4. The number of hydrogen-bond donors (Lipinski definition) is 2. The lowest BCUT2D eigenvalue weighted by Crippen LogP contribution is -2.15. The molecule has 1 aliphatic rings. The zero-order chi connectivity index (χ0) is 49.0. The minimum absolute atomic E-state index is 0.0219. The number of phenols is 2. The normalized spacial score (nSPS) is 14.9. The molecular formula is C64H82N2O2. The monoisotopic (exact) mass is 911 g/mol. The second-order valence-corrected chi connectivity index (χ2v) is 24.2. The maximum atomic E-state index is 12.2. The molecule has 6 aromatic rings. The van der Waals surface area contributed by atoms with Gasteiger partial charge in [-0.2, -0.15) is 0 Å². The highest BCUT2D eigenvalue weighted by atomic mass is 16.3. The van der Waals surface area contributed by atoms with Gasteiger partial charge in [-0.25, -0.2) is 0 Å². The summed E-state index contributed by atoms with van der Waals surface area (Å²) in [5, 5.41) is 24.4. The summed E-state index contributed by atoms with van der Waals surface area (Å²) in [7, 11) is 0. The van der Waals surface area contributed by atoms with Crippen molar-refractivity contribution in [3.63, 3.8) is 0 Å². The fourth-order valence-electron chi connectivity index (χ4n) is 10.2. The van der Waals surface area contributed by atoms with E-state index in [-0.39, 0.29) is 21.7 Å². The molecule has 7 rings (SSSR count). The molecule has 0 atom stereocenters. The summed E-state index contributed by atoms with van der Waals surface area (Å²) >= 11 is 0. The Morgan fingerprint density at radius 1 is 0.353 bits per heavy atom. The fourth-order valence-corrected chi connectivity index (χ4v) is 10.2. The molecule has 0 saturated carbocycles. The van der Waals surface area contributed by atoms with Crippen LogP contribution in [0.4, 0.5) is 0 Å². The number of fused-ring (bicyclic) bond motifs is 8. The van der Waals surface area contributed by atoms with Crippen LogP contribution in [-0.2, 0) is 85.9 Å². The smallest absolute Gasteiger partial charge is 0.121 e. The van der Waals surface area contributed by atoms with E-state index >= 15 is 0 Å². The van der Waals surface area contributed by atoms with Gasteiger partial charge < -0.3 is 10.2 Å². The van der Waals surface area contributed by atoms with Gasteiger partial charge in [-0.1, -0.05) is 144 Å². The average Bonchev–Trinajstić information content (AvgIpc) is 3.26. The molecule has 4 aromatic carbocycles. The Labute approximate surface area is 411 Å². The van der Waals surface area contributed by atoms with Crippen LogP contribution in [0.2, 0.25) is 0 Å². The molecule has 0 spiro atoms. The molecule has 360 valence electrons. The van der Waals surface area contributed by atoms with Gasteiger partial charge in [-0.3, -0.25) is 9.97 Å². The largest absolute Gasteiger partial charge is 0.507 e. The Bertz CT molecular complexity index is 2370. The van der Waals surface area contributed by atoms with Crippen molar-refractivity contribution in [1.29, 1.82) is 0 Å². The number of benzene rings is 4. The maximum Gasteiger partial charge on any atom is 0.121 e. The van der Waals surface area contributed by atoms with E-state index in [9.17, 15) is 10.2 Å². The van der Waals surface area contributed by atoms with Gasteiger partial charge in [0.1, 0.15) is 11.5 Å². The maximum absolute atomic E-state index is 12.2. The fraction of sp³-hybridized carbons (Fsp3) is 0.469. The minimum Gasteiger partial charge on any atom is -0.507 e. The topological polar surface area (TPSA) is 66.2 Å². The third kappa shape index (κ3) is 12.7. The predicted octanol–water partition coefficient (Wildman–Crippen LogP) is 15.3. The molecule has 1 aliphatic carbocycles. The van der Waals surface area contributed by atoms with Crippen molar-refractivity contribution in [3.8, 4) is 11.5 Å². The van der Waals surface area contributed by atoms with E-state index in [1.165, 1.54) is 55.6 Å². The summed E-state index contributed by atoms with van der Waals surface area (Å²) < 4.78 is 0. The van der Waals surface area contributed by atoms with E-state index in [2.05, 4.69) is 156 Å². The van der Waals surface area contributed by atoms with Crippen molar-refractivity contribution in [3.05, 3.63) is 187 Å². The average molecular weight is 911 g/mol. The first kappa shape index (κ1) is 50.7. The summed E-state index contributed by atoms with van der Waals surface area (Å²) in [4.78, 5) is 9.66. The van der Waals surface area contributed by atoms with Gasteiger partial charge in [0.2, 0.25) is 0 Å². The van der Waals surface area contributed by atoms with E-state index in [1.54, 1.807) is 0 Å². The summed E-state index contributed by atoms with van der Waals surface area (Å²) in [6.45, 7) is 27.7. The van der Waals surface area contributed by atoms with Crippen molar-refractivity contribution in [1.82, 2.24) is 9.97 Å². The first-order chi connectivity index (χ1) is 32.0. The molecule has 4 nitrogen and oxygen atoms in total. The number of phenolic OH excluding ortho intramolecular Hbond substituents is 2. The van der Waals surface area contributed by atoms with E-state index in [1.807, 2.05) is 24.5 Å². The highest BCUT2D eigenvalue weighted by Gasteiger charge is 2.25. The molecule has 0 saturated heterocycles. The zero-order valence-electron chi connectivity index (χ0n) is 43.9. The van der Waals surface area contributed by atoms with E-state index < -0.39 is 0 Å². The molecule has 68 heavy (non-hydrogen) atoms. The van der Waals surface area contributed by atoms with Crippen LogP contribution >= 0.6 is 0 Å². The van der Waals surface area contributed by atoms with Crippen LogP contribution in [0.15, 0.2) is 97.3 Å². The van der Waals surface area contributed by atoms with E-state index in [4.69, 9.17) is 9.97 Å². The van der Waals surface area contributed by atoms with Crippen LogP contribution in [0.3, 0.4) is 0 Å². The molecule has 2 aromatic heterocycles. The number of aryl methyl sites for hydroxylation is 8. The first-order valence-electron chi connectivity index (χ1n) is 25.8. The third-order valence-electron chi connectivity index (χ3n) is 14.6. The van der Waals surface area contributed by atoms with Crippen molar-refractivity contribution in [2.24, 2.45) is 0 Å². The molecule has 0 aliphatic heterocycles. The van der Waals surface area contributed by atoms with Crippen molar-refractivity contribution in [2.45, 2.75) is 195 Å². The number of aromatic hydroxyl groups is 2. The van der Waals surface area contributed by atoms with Gasteiger partial charge in [0.25, 0.3) is 0 Å². The van der Waals surface area contributed by atoms with E-state index in [0.717, 1.165) is 124 Å². The van der Waals surface area contributed by atoms with Gasteiger partial charge in [0, 0.05) is 36.6 Å². The zero-order valence-corrected chi connectivity index (χ0v) is 43.9. The van der Waals surface area contributed by atoms with Crippen molar-refractivity contribution >= 4 is 0 Å². The predicted molar refractivity (Wildman–Crippen MR) is 286 cm³/mol. The molecule has 0 radical (unpaired) electrons. The number of aromatic nitrogens is 2. The lowest BCUT2D eigenvalue weighted by atomic mass is 9.79. The summed E-state index contributed by atoms with van der Waals surface area (Å²) in [6, 6.07) is 31.5. The van der Waals surface area contributed by atoms with Gasteiger partial charge in [0.15, 0.2) is 0 Å². The summed E-state index contributed by atoms with van der Waals surface area (Å²) in [5.74, 6) is 0.952. The third-order valence-corrected chi connectivity index (χ3v) is 14.6. The summed E-state index contributed by atoms with van der Waals surface area (Å²) in [5.41, 5.74) is 19.8. The van der Waals surface area contributed by atoms with Crippen LogP contribution in [0.1, 0.15) is 198 Å². The lowest BCUT2D eigenvalue weighted by Gasteiger charge is -2.26. The molecule has 2 heterocycles. The van der Waals surface area contributed by atoms with Crippen LogP contribution in [0.25, 0.3) is 0 Å². The quantitative estimate of drug-likeness (QED) is 0.185. The molecule has 4 heteroatoms. The second-order valence-electron chi connectivity index (χ2n) is 24.2. The molecule has 2 N–H and O–H groups in total. The number of rotatable bonds is 4. The second kappa shape index (κ2) is 20.8. The van der Waals surface area contributed by atoms with Gasteiger partial charge in [-0.05, 0) is 201 Å². The molecule has 0 unspecified atom stereocenters. The molecular weight excluding hydrogens is 829 g/mol. The van der Waals surface area contributed by atoms with Gasteiger partial charge in [-0.15, -0.1) is 0 Å². The van der Waals surface area contributed by atoms with Crippen LogP contribution in [0.5, 0.6) is 11.5 Å². The Kier molecular flexibility index (Phi) is 15.5. The summed E-state index contributed by atoms with van der Waals surface area (Å²) in [6.07, 6.45) is 16.0. The molecule has 0 amide bonds. The number of pyridine rings is 2. The van der Waals surface area contributed by atoms with Gasteiger partial charge in [0.05, 0.1) is 0 Å². The SMILES string of the molecule is CC(C)(C)c1cc2c(O)c(c1)CCCc1cc(C(C)(C)C)cc(c1Cc1ccccn1)CCCc1cc(C(C)(C)C)cc(c1O)CCCc1cc(C(C)(C)C)cc(c1Cc1ccccn1)CCC2. The van der Waals surface area contributed by atoms with Crippen molar-refractivity contribution in [2.75, 3.05) is 0 Å². The van der Waals surface area contributed by atoms with Crippen LogP contribution < -0.4 is 0 Å². The highest BCUT2D eigenvalue weighted by Crippen LogP contribution is 2.38. The lowest BCUT2D eigenvalue weighted by molar-refractivity contribution is 0.456. The van der Waals surface area contributed by atoms with Crippen LogP contribution in [0, 0.1) is 0 Å². The Morgan fingerprint density at radius 3 is 0.809 bits per heavy atom. The van der Waals surface area contributed by atoms with Crippen molar-refractivity contribution < 1.29 is 10.2 Å². The minimum atomic E-state index is -0.0527. The molecule has 8 bridgehead atoms. The Hall–Kier alpha value is -5.22. The first-order valence-corrected chi connectivity index (χ1v) is 25.8. The standard InChI is InChI=1S/C64H82N2O2/c1-61(2,3)51-33-43-21-17-25-47-37-53(63(7,8)9)39-49(59(47)67)27-19-23-45-35-52(62(4,5)6)36-46(58(45)42-56-30-14-16-32-66-56)24-20-28-50-40-54(64(10,11)12)38-48(60(50)68)26-18-22-44(34-51)57(43)41-55-29-13-15-31-65-55/h13-16,29-40,67-68H,17-28,41-42H2,1-12H3. The highest BCUT2D eigenvalue weighted by molar-refractivity contribution is 5.50. The Balaban J connectivity index is 1.35. The molecule has 0 fully saturated rings. The van der Waals surface area contributed by atoms with E-state index in [0.29, 0.717) is 11.5 Å². The number of nitrogens with zero attached hydrogens (tertiary/aromatic N) is 2. The van der Waals surface area contributed by atoms with Crippen LogP contribution in [-0.4, -0.2) is 20.2 Å².